The number of methoxy groups -OCH3 is 2. The number of esters is 2. The van der Waals surface area contributed by atoms with Gasteiger partial charge in [-0.2, -0.15) is 5.26 Å². The lowest BCUT2D eigenvalue weighted by molar-refractivity contribution is -0.141. The van der Waals surface area contributed by atoms with Crippen LogP contribution in [0.2, 0.25) is 0 Å². The monoisotopic (exact) mass is 477 g/mol. The quantitative estimate of drug-likeness (QED) is 0.649. The lowest BCUT2D eigenvalue weighted by atomic mass is 9.68. The van der Waals surface area contributed by atoms with Gasteiger partial charge in [0.1, 0.15) is 35.2 Å². The third kappa shape index (κ3) is 3.49. The lowest BCUT2D eigenvalue weighted by Gasteiger charge is -2.35. The molecule has 0 unspecified atom stereocenters. The van der Waals surface area contributed by atoms with Crippen LogP contribution in [0.25, 0.3) is 0 Å². The summed E-state index contributed by atoms with van der Waals surface area (Å²) in [5.74, 6) is -3.78. The predicted molar refractivity (Wildman–Crippen MR) is 119 cm³/mol. The van der Waals surface area contributed by atoms with Crippen LogP contribution in [0, 0.1) is 17.1 Å². The molecule has 0 aromatic heterocycles. The van der Waals surface area contributed by atoms with Gasteiger partial charge < -0.3 is 24.8 Å². The van der Waals surface area contributed by atoms with Crippen molar-refractivity contribution >= 4 is 23.5 Å². The van der Waals surface area contributed by atoms with Crippen LogP contribution in [0.15, 0.2) is 71.3 Å². The number of nitrogens with two attached hydrogens (primary N) is 1. The molecule has 2 aromatic rings. The highest BCUT2D eigenvalue weighted by Crippen LogP contribution is 2.54. The fraction of sp³-hybridized carbons (Fsp3) is 0.200. The van der Waals surface area contributed by atoms with Crippen LogP contribution in [0.1, 0.15) is 17.5 Å². The zero-order valence-corrected chi connectivity index (χ0v) is 18.8. The zero-order chi connectivity index (χ0) is 25.3. The number of benzene rings is 2. The Morgan fingerprint density at radius 2 is 1.83 bits per heavy atom. The van der Waals surface area contributed by atoms with E-state index in [0.717, 1.165) is 14.2 Å². The first-order valence-corrected chi connectivity index (χ1v) is 10.4. The third-order valence-electron chi connectivity index (χ3n) is 5.99. The summed E-state index contributed by atoms with van der Waals surface area (Å²) in [5.41, 5.74) is 4.06. The van der Waals surface area contributed by atoms with E-state index >= 15 is 0 Å². The number of para-hydroxylation sites is 1. The molecule has 1 spiro atoms. The van der Waals surface area contributed by atoms with Crippen molar-refractivity contribution < 1.29 is 33.0 Å². The molecule has 4 rings (SSSR count). The third-order valence-corrected chi connectivity index (χ3v) is 5.99. The maximum Gasteiger partial charge on any atom is 0.339 e. The van der Waals surface area contributed by atoms with Gasteiger partial charge in [0.2, 0.25) is 11.8 Å². The minimum atomic E-state index is -2.07. The van der Waals surface area contributed by atoms with Gasteiger partial charge in [0.15, 0.2) is 5.41 Å². The largest absolute Gasteiger partial charge is 0.469 e. The predicted octanol–water partition coefficient (Wildman–Crippen LogP) is 2.32. The van der Waals surface area contributed by atoms with Crippen LogP contribution in [-0.4, -0.2) is 32.1 Å². The molecule has 2 heterocycles. The number of fused-ring (bicyclic) bond motifs is 2. The summed E-state index contributed by atoms with van der Waals surface area (Å²) in [6.07, 6.45) is -0.551. The van der Waals surface area contributed by atoms with E-state index in [1.807, 2.05) is 6.07 Å². The van der Waals surface area contributed by atoms with Gasteiger partial charge in [-0.25, -0.2) is 9.18 Å². The fourth-order valence-corrected chi connectivity index (χ4v) is 4.48. The molecule has 1 amide bonds. The molecule has 2 aliphatic heterocycles. The number of nitrogens with zero attached hydrogens (tertiary/aromatic N) is 2. The molecule has 10 heteroatoms. The first kappa shape index (κ1) is 23.5. The average Bonchev–Trinajstić information content (AvgIpc) is 3.08. The SMILES string of the molecule is COC(=O)CC1=C(C(=O)OC)[C@]2(C(=O)N(Cc3ccccc3F)c3ccccc32)C(C#N)=C(N)O1. The molecule has 0 saturated carbocycles. The molecule has 2 N–H and O–H groups in total. The molecule has 2 aliphatic rings. The van der Waals surface area contributed by atoms with E-state index in [1.54, 1.807) is 30.3 Å². The number of nitriles is 1. The van der Waals surface area contributed by atoms with Gasteiger partial charge >= 0.3 is 11.9 Å². The van der Waals surface area contributed by atoms with E-state index in [9.17, 15) is 24.0 Å². The van der Waals surface area contributed by atoms with Gasteiger partial charge in [-0.3, -0.25) is 9.59 Å². The smallest absolute Gasteiger partial charge is 0.339 e. The molecule has 35 heavy (non-hydrogen) atoms. The highest BCUT2D eigenvalue weighted by atomic mass is 19.1. The summed E-state index contributed by atoms with van der Waals surface area (Å²) in [5, 5.41) is 10.1. The Balaban J connectivity index is 2.03. The minimum absolute atomic E-state index is 0.190. The second-order valence-corrected chi connectivity index (χ2v) is 7.75. The van der Waals surface area contributed by atoms with Crippen molar-refractivity contribution in [2.75, 3.05) is 19.1 Å². The number of rotatable bonds is 5. The molecule has 0 fully saturated rings. The van der Waals surface area contributed by atoms with Crippen LogP contribution in [0.3, 0.4) is 0 Å². The molecule has 9 nitrogen and oxygen atoms in total. The summed E-state index contributed by atoms with van der Waals surface area (Å²) in [4.78, 5) is 40.8. The maximum absolute atomic E-state index is 14.5. The Morgan fingerprint density at radius 3 is 2.49 bits per heavy atom. The van der Waals surface area contributed by atoms with Gasteiger partial charge in [0.25, 0.3) is 0 Å². The number of carbonyl (C=O) groups is 3. The van der Waals surface area contributed by atoms with Crippen LogP contribution >= 0.6 is 0 Å². The minimum Gasteiger partial charge on any atom is -0.469 e. The lowest BCUT2D eigenvalue weighted by Crippen LogP contribution is -2.48. The summed E-state index contributed by atoms with van der Waals surface area (Å²) in [6, 6.07) is 14.3. The van der Waals surface area contributed by atoms with E-state index in [-0.39, 0.29) is 34.6 Å². The van der Waals surface area contributed by atoms with Crippen molar-refractivity contribution in [1.82, 2.24) is 0 Å². The normalized spacial score (nSPS) is 18.8. The number of ether oxygens (including phenoxy) is 3. The second kappa shape index (κ2) is 8.95. The molecule has 0 bridgehead atoms. The Kier molecular flexibility index (Phi) is 6.01. The molecular weight excluding hydrogens is 457 g/mol. The maximum atomic E-state index is 14.5. The number of amides is 1. The number of hydrogen-bond donors (Lipinski definition) is 1. The topological polar surface area (TPSA) is 132 Å². The molecule has 0 aliphatic carbocycles. The van der Waals surface area contributed by atoms with Crippen LogP contribution < -0.4 is 10.6 Å². The second-order valence-electron chi connectivity index (χ2n) is 7.75. The number of anilines is 1. The van der Waals surface area contributed by atoms with Crippen LogP contribution in [0.5, 0.6) is 0 Å². The highest BCUT2D eigenvalue weighted by molar-refractivity contribution is 6.18. The van der Waals surface area contributed by atoms with Crippen LogP contribution in [-0.2, 0) is 40.6 Å². The Morgan fingerprint density at radius 1 is 1.14 bits per heavy atom. The molecular formula is C25H20FN3O6. The van der Waals surface area contributed by atoms with E-state index in [0.29, 0.717) is 5.69 Å². The molecule has 1 atom stereocenters. The summed E-state index contributed by atoms with van der Waals surface area (Å²) in [7, 11) is 2.24. The van der Waals surface area contributed by atoms with Crippen molar-refractivity contribution in [2.45, 2.75) is 18.4 Å². The first-order chi connectivity index (χ1) is 16.8. The van der Waals surface area contributed by atoms with Crippen molar-refractivity contribution in [2.24, 2.45) is 5.73 Å². The highest BCUT2D eigenvalue weighted by Gasteiger charge is 2.62. The number of halogens is 1. The zero-order valence-electron chi connectivity index (χ0n) is 18.8. The van der Waals surface area contributed by atoms with Gasteiger partial charge in [0, 0.05) is 16.8 Å². The van der Waals surface area contributed by atoms with E-state index in [2.05, 4.69) is 0 Å². The molecule has 2 aromatic carbocycles. The van der Waals surface area contributed by atoms with E-state index < -0.39 is 41.4 Å². The Bertz CT molecular complexity index is 1360. The Labute approximate surface area is 199 Å². The summed E-state index contributed by atoms with van der Waals surface area (Å²) < 4.78 is 29.7. The van der Waals surface area contributed by atoms with Crippen molar-refractivity contribution in [3.05, 3.63) is 88.3 Å². The standard InChI is InChI=1S/C25H20FN3O6/c1-33-20(30)11-19-21(23(31)34-2)25(16(12-27)22(28)35-19)15-8-4-6-10-18(15)29(24(25)32)13-14-7-3-5-9-17(14)26/h3-10H,11,13,28H2,1-2H3/t25-/m1/s1. The van der Waals surface area contributed by atoms with Gasteiger partial charge in [-0.15, -0.1) is 0 Å². The summed E-state index contributed by atoms with van der Waals surface area (Å²) >= 11 is 0. The van der Waals surface area contributed by atoms with Gasteiger partial charge in [0.05, 0.1) is 20.8 Å². The van der Waals surface area contributed by atoms with Crippen molar-refractivity contribution in [1.29, 1.82) is 5.26 Å². The average molecular weight is 477 g/mol. The van der Waals surface area contributed by atoms with Crippen molar-refractivity contribution in [3.8, 4) is 6.07 Å². The number of carbonyl (C=O) groups excluding carboxylic acids is 3. The Hall–Kier alpha value is -4.65. The fourth-order valence-electron chi connectivity index (χ4n) is 4.48. The number of hydrogen-bond acceptors (Lipinski definition) is 8. The van der Waals surface area contributed by atoms with E-state index in [1.165, 1.54) is 23.1 Å². The molecule has 0 radical (unpaired) electrons. The van der Waals surface area contributed by atoms with Gasteiger partial charge in [-0.1, -0.05) is 36.4 Å². The molecule has 0 saturated heterocycles. The van der Waals surface area contributed by atoms with E-state index in [4.69, 9.17) is 19.9 Å². The van der Waals surface area contributed by atoms with Crippen LogP contribution in [0.4, 0.5) is 10.1 Å². The van der Waals surface area contributed by atoms with Crippen molar-refractivity contribution in [3.63, 3.8) is 0 Å². The summed E-state index contributed by atoms with van der Waals surface area (Å²) in [6.45, 7) is -0.190. The first-order valence-electron chi connectivity index (χ1n) is 10.4. The molecule has 178 valence electrons. The van der Waals surface area contributed by atoms with Gasteiger partial charge in [-0.05, 0) is 12.1 Å².